The van der Waals surface area contributed by atoms with Gasteiger partial charge in [-0.15, -0.1) is 0 Å². The van der Waals surface area contributed by atoms with Crippen molar-refractivity contribution in [3.8, 4) is 5.75 Å². The van der Waals surface area contributed by atoms with Gasteiger partial charge in [0.2, 0.25) is 0 Å². The Morgan fingerprint density at radius 1 is 1.11 bits per heavy atom. The molecule has 0 aromatic heterocycles. The van der Waals surface area contributed by atoms with Gasteiger partial charge in [0.15, 0.2) is 0 Å². The lowest BCUT2D eigenvalue weighted by Gasteiger charge is -2.37. The maximum Gasteiger partial charge on any atom is 0.142 e. The molecular formula is C22H34N2O3. The molecule has 150 valence electrons. The number of para-hydroxylation sites is 2. The van der Waals surface area contributed by atoms with Gasteiger partial charge >= 0.3 is 0 Å². The number of aliphatic hydroxyl groups excluding tert-OH is 1. The van der Waals surface area contributed by atoms with Crippen molar-refractivity contribution in [2.24, 2.45) is 17.8 Å². The molecule has 0 spiro atoms. The maximum atomic E-state index is 10.4. The molecule has 1 saturated heterocycles. The summed E-state index contributed by atoms with van der Waals surface area (Å²) in [5, 5.41) is 10.4. The summed E-state index contributed by atoms with van der Waals surface area (Å²) in [5.74, 6) is 3.55. The van der Waals surface area contributed by atoms with Crippen LogP contribution in [0.4, 0.5) is 5.69 Å². The number of methoxy groups -OCH3 is 1. The van der Waals surface area contributed by atoms with E-state index in [2.05, 4.69) is 21.9 Å². The Labute approximate surface area is 163 Å². The van der Waals surface area contributed by atoms with Crippen LogP contribution < -0.4 is 9.64 Å². The third kappa shape index (κ3) is 4.58. The zero-order valence-electron chi connectivity index (χ0n) is 16.6. The molecule has 1 aliphatic heterocycles. The van der Waals surface area contributed by atoms with Gasteiger partial charge in [-0.25, -0.2) is 0 Å². The summed E-state index contributed by atoms with van der Waals surface area (Å²) in [5.41, 5.74) is 1.16. The predicted molar refractivity (Wildman–Crippen MR) is 107 cm³/mol. The summed E-state index contributed by atoms with van der Waals surface area (Å²) in [7, 11) is 1.72. The monoisotopic (exact) mass is 374 g/mol. The van der Waals surface area contributed by atoms with Crippen molar-refractivity contribution in [3.63, 3.8) is 0 Å². The number of β-amino-alcohol motifs (C(OH)–C–C–N with tert-alkyl or cyclic N) is 1. The van der Waals surface area contributed by atoms with Crippen LogP contribution in [0.25, 0.3) is 0 Å². The first kappa shape index (κ1) is 19.0. The zero-order chi connectivity index (χ0) is 18.6. The second-order valence-corrected chi connectivity index (χ2v) is 8.59. The molecule has 2 saturated carbocycles. The lowest BCUT2D eigenvalue weighted by atomic mass is 9.90. The molecule has 1 aromatic rings. The molecule has 1 aromatic carbocycles. The number of nitrogens with zero attached hydrogens (tertiary/aromatic N) is 2. The highest BCUT2D eigenvalue weighted by Gasteiger charge is 2.39. The van der Waals surface area contributed by atoms with Crippen LogP contribution >= 0.6 is 0 Å². The molecule has 4 atom stereocenters. The molecule has 3 fully saturated rings. The van der Waals surface area contributed by atoms with Crippen molar-refractivity contribution in [1.29, 1.82) is 0 Å². The van der Waals surface area contributed by atoms with Crippen LogP contribution in [0.1, 0.15) is 25.7 Å². The zero-order valence-corrected chi connectivity index (χ0v) is 16.6. The summed E-state index contributed by atoms with van der Waals surface area (Å²) >= 11 is 0. The van der Waals surface area contributed by atoms with E-state index in [9.17, 15) is 5.11 Å². The highest BCUT2D eigenvalue weighted by molar-refractivity contribution is 5.58. The fourth-order valence-electron chi connectivity index (χ4n) is 5.35. The van der Waals surface area contributed by atoms with Crippen LogP contribution in [-0.2, 0) is 4.74 Å². The molecule has 0 amide bonds. The number of anilines is 1. The van der Waals surface area contributed by atoms with Crippen molar-refractivity contribution < 1.29 is 14.6 Å². The average Bonchev–Trinajstić information content (AvgIpc) is 3.32. The highest BCUT2D eigenvalue weighted by Crippen LogP contribution is 2.48. The van der Waals surface area contributed by atoms with Gasteiger partial charge in [0.25, 0.3) is 0 Å². The first-order valence-electron chi connectivity index (χ1n) is 10.6. The Morgan fingerprint density at radius 3 is 2.63 bits per heavy atom. The third-order valence-corrected chi connectivity index (χ3v) is 6.79. The van der Waals surface area contributed by atoms with Gasteiger partial charge in [-0.1, -0.05) is 18.6 Å². The fraction of sp³-hybridized carbons (Fsp3) is 0.727. The van der Waals surface area contributed by atoms with E-state index in [-0.39, 0.29) is 6.10 Å². The van der Waals surface area contributed by atoms with E-state index >= 15 is 0 Å². The normalized spacial score (nSPS) is 29.3. The number of aliphatic hydroxyl groups is 1. The second kappa shape index (κ2) is 8.80. The van der Waals surface area contributed by atoms with E-state index in [1.54, 1.807) is 7.11 Å². The van der Waals surface area contributed by atoms with Crippen molar-refractivity contribution in [3.05, 3.63) is 24.3 Å². The molecule has 2 aliphatic carbocycles. The molecular weight excluding hydrogens is 340 g/mol. The summed E-state index contributed by atoms with van der Waals surface area (Å²) in [6.07, 6.45) is 5.22. The van der Waals surface area contributed by atoms with Gasteiger partial charge in [0.05, 0.1) is 25.5 Å². The third-order valence-electron chi connectivity index (χ3n) is 6.79. The fourth-order valence-corrected chi connectivity index (χ4v) is 5.35. The summed E-state index contributed by atoms with van der Waals surface area (Å²) < 4.78 is 11.4. The summed E-state index contributed by atoms with van der Waals surface area (Å²) in [6, 6.07) is 8.19. The van der Waals surface area contributed by atoms with Gasteiger partial charge in [-0.3, -0.25) is 4.90 Å². The maximum absolute atomic E-state index is 10.4. The molecule has 27 heavy (non-hydrogen) atoms. The first-order valence-corrected chi connectivity index (χ1v) is 10.6. The number of benzene rings is 1. The van der Waals surface area contributed by atoms with Crippen LogP contribution in [0.2, 0.25) is 0 Å². The first-order chi connectivity index (χ1) is 13.2. The number of hydrogen-bond acceptors (Lipinski definition) is 5. The molecule has 1 N–H and O–H groups in total. The molecule has 2 bridgehead atoms. The Hall–Kier alpha value is -1.30. The summed E-state index contributed by atoms with van der Waals surface area (Å²) in [4.78, 5) is 4.71. The Balaban J connectivity index is 1.15. The largest absolute Gasteiger partial charge is 0.495 e. The Bertz CT molecular complexity index is 603. The van der Waals surface area contributed by atoms with Crippen LogP contribution in [0, 0.1) is 17.8 Å². The Kier molecular flexibility index (Phi) is 6.21. The molecule has 3 aliphatic rings. The lowest BCUT2D eigenvalue weighted by molar-refractivity contribution is -0.00274. The smallest absolute Gasteiger partial charge is 0.142 e. The van der Waals surface area contributed by atoms with Crippen molar-refractivity contribution in [1.82, 2.24) is 4.90 Å². The second-order valence-electron chi connectivity index (χ2n) is 8.59. The van der Waals surface area contributed by atoms with Gasteiger partial charge in [-0.2, -0.15) is 0 Å². The van der Waals surface area contributed by atoms with Gasteiger partial charge < -0.3 is 19.5 Å². The minimum absolute atomic E-state index is 0.388. The van der Waals surface area contributed by atoms with Crippen LogP contribution in [-0.4, -0.2) is 69.2 Å². The minimum Gasteiger partial charge on any atom is -0.495 e. The average molecular weight is 375 g/mol. The Morgan fingerprint density at radius 2 is 1.93 bits per heavy atom. The highest BCUT2D eigenvalue weighted by atomic mass is 16.5. The van der Waals surface area contributed by atoms with E-state index < -0.39 is 0 Å². The number of rotatable bonds is 8. The van der Waals surface area contributed by atoms with E-state index in [4.69, 9.17) is 9.47 Å². The number of ether oxygens (including phenoxy) is 2. The van der Waals surface area contributed by atoms with E-state index in [0.29, 0.717) is 13.2 Å². The summed E-state index contributed by atoms with van der Waals surface area (Å²) in [6.45, 7) is 5.86. The number of hydrogen-bond donors (Lipinski definition) is 1. The van der Waals surface area contributed by atoms with Crippen molar-refractivity contribution >= 4 is 5.69 Å². The number of fused-ring (bicyclic) bond motifs is 2. The van der Waals surface area contributed by atoms with Crippen LogP contribution in [0.15, 0.2) is 24.3 Å². The van der Waals surface area contributed by atoms with Crippen molar-refractivity contribution in [2.75, 3.05) is 57.9 Å². The predicted octanol–water partition coefficient (Wildman–Crippen LogP) is 2.63. The van der Waals surface area contributed by atoms with E-state index in [0.717, 1.165) is 62.0 Å². The van der Waals surface area contributed by atoms with Gasteiger partial charge in [0.1, 0.15) is 5.75 Å². The number of piperazine rings is 1. The van der Waals surface area contributed by atoms with E-state index in [1.807, 2.05) is 12.1 Å². The minimum atomic E-state index is -0.388. The van der Waals surface area contributed by atoms with Gasteiger partial charge in [-0.05, 0) is 49.1 Å². The quantitative estimate of drug-likeness (QED) is 0.758. The molecule has 5 heteroatoms. The molecule has 5 nitrogen and oxygen atoms in total. The van der Waals surface area contributed by atoms with Crippen LogP contribution in [0.5, 0.6) is 5.75 Å². The van der Waals surface area contributed by atoms with Gasteiger partial charge in [0, 0.05) is 39.3 Å². The standard InChI is InChI=1S/C22H34N2O3/c1-26-22-5-3-2-4-21(22)24-10-8-23(9-11-24)14-20(25)16-27-15-19-13-17-6-7-18(19)12-17/h2-5,17-20,25H,6-16H2,1H3/t17-,18-,19-,20+/m0/s1. The molecule has 4 rings (SSSR count). The van der Waals surface area contributed by atoms with Crippen molar-refractivity contribution in [2.45, 2.75) is 31.8 Å². The SMILES string of the molecule is COc1ccccc1N1CCN(C[C@@H](O)COC[C@@H]2C[C@H]3CC[C@H]2C3)CC1. The molecule has 1 heterocycles. The topological polar surface area (TPSA) is 45.2 Å². The van der Waals surface area contributed by atoms with Crippen LogP contribution in [0.3, 0.4) is 0 Å². The van der Waals surface area contributed by atoms with E-state index in [1.165, 1.54) is 25.7 Å². The molecule has 0 radical (unpaired) electrons. The molecule has 0 unspecified atom stereocenters. The lowest BCUT2D eigenvalue weighted by Crippen LogP contribution is -2.49.